The van der Waals surface area contributed by atoms with Crippen LogP contribution in [0.4, 0.5) is 0 Å². The number of amides is 1. The van der Waals surface area contributed by atoms with Gasteiger partial charge in [-0.3, -0.25) is 10.2 Å². The van der Waals surface area contributed by atoms with Crippen molar-refractivity contribution in [2.45, 2.75) is 0 Å². The Kier molecular flexibility index (Phi) is 4.32. The molecule has 0 heterocycles. The van der Waals surface area contributed by atoms with Crippen molar-refractivity contribution in [2.75, 3.05) is 6.61 Å². The Bertz CT molecular complexity index is 628. The lowest BCUT2D eigenvalue weighted by atomic mass is 10.0. The van der Waals surface area contributed by atoms with Crippen molar-refractivity contribution in [3.63, 3.8) is 0 Å². The number of nitrogens with one attached hydrogen (secondary N) is 1. The second-order valence-electron chi connectivity index (χ2n) is 4.07. The lowest BCUT2D eigenvalue weighted by Gasteiger charge is -2.06. The average Bonchev–Trinajstić information content (AvgIpc) is 2.53. The Morgan fingerprint density at radius 3 is 2.15 bits per heavy atom. The Morgan fingerprint density at radius 1 is 1.10 bits per heavy atom. The fraction of sp³-hybridized carbons (Fsp3) is 0.0667. The van der Waals surface area contributed by atoms with Gasteiger partial charge in [0.15, 0.2) is 6.61 Å². The van der Waals surface area contributed by atoms with Gasteiger partial charge in [-0.05, 0) is 35.4 Å². The van der Waals surface area contributed by atoms with Crippen LogP contribution in [0.5, 0.6) is 5.75 Å². The van der Waals surface area contributed by atoms with Gasteiger partial charge in [0.25, 0.3) is 5.91 Å². The molecule has 0 aromatic heterocycles. The van der Waals surface area contributed by atoms with E-state index in [0.29, 0.717) is 11.3 Å². The summed E-state index contributed by atoms with van der Waals surface area (Å²) in [6.45, 7) is -0.118. The van der Waals surface area contributed by atoms with E-state index in [1.807, 2.05) is 29.7 Å². The van der Waals surface area contributed by atoms with Gasteiger partial charge < -0.3 is 4.74 Å². The minimum absolute atomic E-state index is 0.118. The quantitative estimate of drug-likeness (QED) is 0.500. The molecule has 0 spiro atoms. The number of hydrogen-bond donors (Lipinski definition) is 2. The van der Waals surface area contributed by atoms with E-state index in [1.165, 1.54) is 0 Å². The number of nitrogens with two attached hydrogens (primary N) is 1. The molecule has 0 unspecified atom stereocenters. The van der Waals surface area contributed by atoms with Gasteiger partial charge in [-0.25, -0.2) is 5.84 Å². The van der Waals surface area contributed by atoms with Gasteiger partial charge in [0, 0.05) is 0 Å². The van der Waals surface area contributed by atoms with Gasteiger partial charge in [0.1, 0.15) is 5.75 Å². The molecule has 0 aliphatic heterocycles. The summed E-state index contributed by atoms with van der Waals surface area (Å²) in [4.78, 5) is 10.9. The van der Waals surface area contributed by atoms with Gasteiger partial charge in [0.05, 0.1) is 11.6 Å². The van der Waals surface area contributed by atoms with Crippen LogP contribution in [0.2, 0.25) is 0 Å². The number of carbonyl (C=O) groups excluding carboxylic acids is 1. The van der Waals surface area contributed by atoms with Gasteiger partial charge >= 0.3 is 0 Å². The largest absolute Gasteiger partial charge is 0.484 e. The SMILES string of the molecule is N#Cc1ccc(-c2ccc(OCC(=O)NN)cc2)cc1. The molecule has 0 bridgehead atoms. The number of ether oxygens (including phenoxy) is 1. The molecule has 20 heavy (non-hydrogen) atoms. The number of nitrogens with zero attached hydrogens (tertiary/aromatic N) is 1. The van der Waals surface area contributed by atoms with E-state index in [9.17, 15) is 4.79 Å². The normalized spacial score (nSPS) is 9.60. The Morgan fingerprint density at radius 2 is 1.65 bits per heavy atom. The standard InChI is InChI=1S/C15H13N3O2/c16-9-11-1-3-12(4-2-11)13-5-7-14(8-6-13)20-10-15(19)18-17/h1-8H,10,17H2,(H,18,19). The highest BCUT2D eigenvalue weighted by Crippen LogP contribution is 2.22. The molecule has 0 radical (unpaired) electrons. The monoisotopic (exact) mass is 267 g/mol. The predicted octanol–water partition coefficient (Wildman–Crippen LogP) is 1.59. The van der Waals surface area contributed by atoms with E-state index in [0.717, 1.165) is 11.1 Å². The molecule has 0 saturated heterocycles. The summed E-state index contributed by atoms with van der Waals surface area (Å²) in [7, 11) is 0. The number of hydrogen-bond acceptors (Lipinski definition) is 4. The fourth-order valence-electron chi connectivity index (χ4n) is 1.67. The molecular weight excluding hydrogens is 254 g/mol. The van der Waals surface area contributed by atoms with Crippen LogP contribution < -0.4 is 16.0 Å². The maximum atomic E-state index is 10.9. The van der Waals surface area contributed by atoms with Crippen LogP contribution in [-0.2, 0) is 4.79 Å². The molecule has 5 nitrogen and oxygen atoms in total. The van der Waals surface area contributed by atoms with Crippen LogP contribution in [0.1, 0.15) is 5.56 Å². The van der Waals surface area contributed by atoms with Crippen LogP contribution in [0.25, 0.3) is 11.1 Å². The van der Waals surface area contributed by atoms with E-state index >= 15 is 0 Å². The van der Waals surface area contributed by atoms with Gasteiger partial charge in [-0.1, -0.05) is 24.3 Å². The van der Waals surface area contributed by atoms with Crippen molar-refractivity contribution in [3.8, 4) is 22.9 Å². The number of rotatable bonds is 4. The first-order chi connectivity index (χ1) is 9.72. The second kappa shape index (κ2) is 6.36. The topological polar surface area (TPSA) is 88.1 Å². The average molecular weight is 267 g/mol. The minimum atomic E-state index is -0.388. The molecule has 1 amide bonds. The van der Waals surface area contributed by atoms with Crippen molar-refractivity contribution in [3.05, 3.63) is 54.1 Å². The summed E-state index contributed by atoms with van der Waals surface area (Å²) in [5.41, 5.74) is 4.63. The first-order valence-corrected chi connectivity index (χ1v) is 5.96. The molecule has 2 rings (SSSR count). The van der Waals surface area contributed by atoms with Crippen molar-refractivity contribution in [2.24, 2.45) is 5.84 Å². The summed E-state index contributed by atoms with van der Waals surface area (Å²) in [6, 6.07) is 16.7. The van der Waals surface area contributed by atoms with E-state index in [1.54, 1.807) is 24.3 Å². The number of carbonyl (C=O) groups is 1. The molecule has 0 aliphatic carbocycles. The molecule has 5 heteroatoms. The smallest absolute Gasteiger partial charge is 0.271 e. The lowest BCUT2D eigenvalue weighted by Crippen LogP contribution is -2.34. The highest BCUT2D eigenvalue weighted by molar-refractivity contribution is 5.76. The summed E-state index contributed by atoms with van der Waals surface area (Å²) >= 11 is 0. The van der Waals surface area contributed by atoms with Crippen LogP contribution in [-0.4, -0.2) is 12.5 Å². The first kappa shape index (κ1) is 13.6. The van der Waals surface area contributed by atoms with Gasteiger partial charge in [0.2, 0.25) is 0 Å². The maximum absolute atomic E-state index is 10.9. The molecule has 3 N–H and O–H groups in total. The van der Waals surface area contributed by atoms with Crippen molar-refractivity contribution < 1.29 is 9.53 Å². The Balaban J connectivity index is 2.07. The van der Waals surface area contributed by atoms with Gasteiger partial charge in [-0.2, -0.15) is 5.26 Å². The van der Waals surface area contributed by atoms with Crippen LogP contribution in [0.15, 0.2) is 48.5 Å². The third kappa shape index (κ3) is 3.34. The molecule has 2 aromatic rings. The maximum Gasteiger partial charge on any atom is 0.271 e. The Hall–Kier alpha value is -2.84. The summed E-state index contributed by atoms with van der Waals surface area (Å²) < 4.78 is 5.25. The highest BCUT2D eigenvalue weighted by Gasteiger charge is 2.02. The third-order valence-corrected chi connectivity index (χ3v) is 2.73. The molecule has 0 aliphatic rings. The van der Waals surface area contributed by atoms with Crippen LogP contribution >= 0.6 is 0 Å². The van der Waals surface area contributed by atoms with E-state index in [-0.39, 0.29) is 12.5 Å². The summed E-state index contributed by atoms with van der Waals surface area (Å²) in [6.07, 6.45) is 0. The molecule has 0 atom stereocenters. The molecule has 100 valence electrons. The van der Waals surface area contributed by atoms with Crippen molar-refractivity contribution >= 4 is 5.91 Å². The summed E-state index contributed by atoms with van der Waals surface area (Å²) in [5.74, 6) is 5.16. The number of benzene rings is 2. The third-order valence-electron chi connectivity index (χ3n) is 2.73. The van der Waals surface area contributed by atoms with E-state index in [4.69, 9.17) is 15.8 Å². The molecule has 2 aromatic carbocycles. The fourth-order valence-corrected chi connectivity index (χ4v) is 1.67. The number of hydrazine groups is 1. The zero-order chi connectivity index (χ0) is 14.4. The second-order valence-corrected chi connectivity index (χ2v) is 4.07. The minimum Gasteiger partial charge on any atom is -0.484 e. The zero-order valence-corrected chi connectivity index (χ0v) is 10.7. The zero-order valence-electron chi connectivity index (χ0n) is 10.7. The lowest BCUT2D eigenvalue weighted by molar-refractivity contribution is -0.123. The summed E-state index contributed by atoms with van der Waals surface area (Å²) in [5, 5.41) is 8.75. The molecule has 0 saturated carbocycles. The van der Waals surface area contributed by atoms with Gasteiger partial charge in [-0.15, -0.1) is 0 Å². The van der Waals surface area contributed by atoms with Crippen LogP contribution in [0.3, 0.4) is 0 Å². The first-order valence-electron chi connectivity index (χ1n) is 5.96. The van der Waals surface area contributed by atoms with E-state index < -0.39 is 0 Å². The Labute approximate surface area is 116 Å². The molecular formula is C15H13N3O2. The molecule has 0 fully saturated rings. The van der Waals surface area contributed by atoms with Crippen LogP contribution in [0, 0.1) is 11.3 Å². The predicted molar refractivity (Wildman–Crippen MR) is 74.4 cm³/mol. The van der Waals surface area contributed by atoms with Crippen molar-refractivity contribution in [1.29, 1.82) is 5.26 Å². The van der Waals surface area contributed by atoms with E-state index in [2.05, 4.69) is 6.07 Å². The van der Waals surface area contributed by atoms with Crippen molar-refractivity contribution in [1.82, 2.24) is 5.43 Å². The highest BCUT2D eigenvalue weighted by atomic mass is 16.5. The number of nitriles is 1.